The third-order valence-electron chi connectivity index (χ3n) is 6.26. The number of aromatic nitrogens is 3. The van der Waals surface area contributed by atoms with E-state index in [-0.39, 0.29) is 11.6 Å². The van der Waals surface area contributed by atoms with Gasteiger partial charge in [0, 0.05) is 16.6 Å². The molecule has 0 aliphatic heterocycles. The van der Waals surface area contributed by atoms with Gasteiger partial charge in [0.25, 0.3) is 0 Å². The van der Waals surface area contributed by atoms with Crippen LogP contribution in [0, 0.1) is 0 Å². The van der Waals surface area contributed by atoms with Gasteiger partial charge < -0.3 is 15.7 Å². The van der Waals surface area contributed by atoms with E-state index in [4.69, 9.17) is 11.6 Å². The molecule has 1 atom stereocenters. The lowest BCUT2D eigenvalue weighted by Gasteiger charge is -2.26. The molecule has 212 valence electrons. The van der Waals surface area contributed by atoms with E-state index in [1.54, 1.807) is 24.3 Å². The molecule has 14 heteroatoms. The molecular formula is C26H25ClF3N5O5. The van der Waals surface area contributed by atoms with Crippen molar-refractivity contribution in [1.82, 2.24) is 25.0 Å². The highest BCUT2D eigenvalue weighted by Gasteiger charge is 2.36. The summed E-state index contributed by atoms with van der Waals surface area (Å²) in [5, 5.41) is 18.7. The molecule has 10 nitrogen and oxygen atoms in total. The van der Waals surface area contributed by atoms with Crippen molar-refractivity contribution in [3.8, 4) is 11.4 Å². The maximum absolute atomic E-state index is 13.4. The number of carboxylic acids is 1. The highest BCUT2D eigenvalue weighted by molar-refractivity contribution is 6.30. The molecule has 3 N–H and O–H groups in total. The predicted molar refractivity (Wildman–Crippen MR) is 137 cm³/mol. The van der Waals surface area contributed by atoms with Gasteiger partial charge >= 0.3 is 17.8 Å². The highest BCUT2D eigenvalue weighted by Crippen LogP contribution is 2.36. The minimum atomic E-state index is -4.73. The molecule has 1 aromatic heterocycles. The summed E-state index contributed by atoms with van der Waals surface area (Å²) in [6, 6.07) is 8.53. The normalized spacial score (nSPS) is 14.4. The fraction of sp³-hybridized carbons (Fsp3) is 0.346. The topological polar surface area (TPSA) is 135 Å². The van der Waals surface area contributed by atoms with Crippen molar-refractivity contribution in [3.63, 3.8) is 0 Å². The second-order valence-electron chi connectivity index (χ2n) is 9.92. The third kappa shape index (κ3) is 6.36. The second kappa shape index (κ2) is 10.8. The van der Waals surface area contributed by atoms with Gasteiger partial charge in [-0.2, -0.15) is 13.2 Å². The first-order valence-corrected chi connectivity index (χ1v) is 12.5. The molecule has 1 heterocycles. The van der Waals surface area contributed by atoms with Crippen molar-refractivity contribution in [2.45, 2.75) is 57.0 Å². The summed E-state index contributed by atoms with van der Waals surface area (Å²) in [7, 11) is 0. The highest BCUT2D eigenvalue weighted by atomic mass is 35.5. The van der Waals surface area contributed by atoms with Gasteiger partial charge in [-0.05, 0) is 68.7 Å². The second-order valence-corrected chi connectivity index (χ2v) is 10.4. The molecular weight excluding hydrogens is 555 g/mol. The molecule has 1 aliphatic carbocycles. The van der Waals surface area contributed by atoms with Crippen molar-refractivity contribution in [2.75, 3.05) is 0 Å². The first-order valence-electron chi connectivity index (χ1n) is 12.1. The Labute approximate surface area is 230 Å². The van der Waals surface area contributed by atoms with E-state index in [9.17, 15) is 37.5 Å². The fourth-order valence-electron chi connectivity index (χ4n) is 3.95. The van der Waals surface area contributed by atoms with Crippen molar-refractivity contribution < 1.29 is 32.7 Å². The number of carbonyl (C=O) groups excluding carboxylic acids is 2. The number of amides is 2. The van der Waals surface area contributed by atoms with E-state index in [1.807, 2.05) is 0 Å². The van der Waals surface area contributed by atoms with Gasteiger partial charge in [0.2, 0.25) is 11.8 Å². The zero-order valence-corrected chi connectivity index (χ0v) is 22.1. The Kier molecular flexibility index (Phi) is 7.79. The van der Waals surface area contributed by atoms with E-state index in [2.05, 4.69) is 15.7 Å². The number of carbonyl (C=O) groups is 3. The Morgan fingerprint density at radius 1 is 1.12 bits per heavy atom. The lowest BCUT2D eigenvalue weighted by atomic mass is 10.00. The van der Waals surface area contributed by atoms with Gasteiger partial charge in [0.15, 0.2) is 5.82 Å². The SMILES string of the molecule is CC(C)(NC(=O)C(NC(=O)Cn1nc(-c2ccc(Cl)cc2)n(C2CC2)c1=O)c1cccc(C(F)(F)F)c1)C(=O)O. The van der Waals surface area contributed by atoms with Crippen molar-refractivity contribution in [2.24, 2.45) is 0 Å². The standard InChI is InChI=1S/C26H25ClF3N5O5/c1-25(2,23(38)39)32-22(37)20(15-4-3-5-16(12-15)26(28,29)30)31-19(36)13-34-24(40)35(18-10-11-18)21(33-34)14-6-8-17(27)9-7-14/h3-9,12,18,20H,10-11,13H2,1-2H3,(H,31,36)(H,32,37)(H,38,39). The molecule has 0 saturated heterocycles. The van der Waals surface area contributed by atoms with Crippen LogP contribution in [0.25, 0.3) is 11.4 Å². The van der Waals surface area contributed by atoms with E-state index in [0.717, 1.165) is 29.7 Å². The monoisotopic (exact) mass is 579 g/mol. The molecule has 40 heavy (non-hydrogen) atoms. The number of hydrogen-bond donors (Lipinski definition) is 3. The van der Waals surface area contributed by atoms with Gasteiger partial charge in [-0.3, -0.25) is 14.2 Å². The molecule has 1 aliphatic rings. The third-order valence-corrected chi connectivity index (χ3v) is 6.52. The van der Waals surface area contributed by atoms with Crippen molar-refractivity contribution >= 4 is 29.4 Å². The van der Waals surface area contributed by atoms with E-state index in [1.165, 1.54) is 24.5 Å². The summed E-state index contributed by atoms with van der Waals surface area (Å²) in [4.78, 5) is 50.8. The molecule has 0 radical (unpaired) electrons. The maximum Gasteiger partial charge on any atom is 0.416 e. The Balaban J connectivity index is 1.64. The van der Waals surface area contributed by atoms with Gasteiger partial charge in [-0.15, -0.1) is 5.10 Å². The first kappa shape index (κ1) is 28.9. The maximum atomic E-state index is 13.4. The molecule has 1 saturated carbocycles. The van der Waals surface area contributed by atoms with Crippen LogP contribution in [0.3, 0.4) is 0 Å². The summed E-state index contributed by atoms with van der Waals surface area (Å²) < 4.78 is 42.4. The minimum Gasteiger partial charge on any atom is -0.480 e. The number of nitrogens with one attached hydrogen (secondary N) is 2. The average molecular weight is 580 g/mol. The van der Waals surface area contributed by atoms with Crippen molar-refractivity contribution in [3.05, 3.63) is 75.2 Å². The summed E-state index contributed by atoms with van der Waals surface area (Å²) >= 11 is 5.96. The Morgan fingerprint density at radius 3 is 2.35 bits per heavy atom. The number of aliphatic carboxylic acids is 1. The van der Waals surface area contributed by atoms with Crippen LogP contribution in [0.1, 0.15) is 49.9 Å². The number of alkyl halides is 3. The van der Waals surface area contributed by atoms with Gasteiger partial charge in [-0.1, -0.05) is 23.7 Å². The molecule has 1 fully saturated rings. The van der Waals surface area contributed by atoms with Gasteiger partial charge in [0.05, 0.1) is 5.56 Å². The average Bonchev–Trinajstić information content (AvgIpc) is 3.66. The number of benzene rings is 2. The zero-order valence-electron chi connectivity index (χ0n) is 21.3. The Hall–Kier alpha value is -4.13. The van der Waals surface area contributed by atoms with Crippen LogP contribution >= 0.6 is 11.6 Å². The van der Waals surface area contributed by atoms with Crippen LogP contribution in [0.15, 0.2) is 53.3 Å². The minimum absolute atomic E-state index is 0.100. The fourth-order valence-corrected chi connectivity index (χ4v) is 4.08. The number of hydrogen-bond acceptors (Lipinski definition) is 5. The Morgan fingerprint density at radius 2 is 1.77 bits per heavy atom. The Bertz CT molecular complexity index is 1510. The molecule has 0 bridgehead atoms. The molecule has 2 aromatic carbocycles. The van der Waals surface area contributed by atoms with Gasteiger partial charge in [0.1, 0.15) is 18.1 Å². The quantitative estimate of drug-likeness (QED) is 0.355. The summed E-state index contributed by atoms with van der Waals surface area (Å²) in [6.45, 7) is 1.71. The van der Waals surface area contributed by atoms with E-state index >= 15 is 0 Å². The summed E-state index contributed by atoms with van der Waals surface area (Å²) in [5.41, 5.74) is -3.09. The van der Waals surface area contributed by atoms with Crippen LogP contribution in [-0.2, 0) is 27.1 Å². The molecule has 1 unspecified atom stereocenters. The number of rotatable bonds is 9. The van der Waals surface area contributed by atoms with Crippen LogP contribution in [-0.4, -0.2) is 42.8 Å². The zero-order chi connectivity index (χ0) is 29.4. The largest absolute Gasteiger partial charge is 0.480 e. The number of nitrogens with zero attached hydrogens (tertiary/aromatic N) is 3. The number of halogens is 4. The predicted octanol–water partition coefficient (Wildman–Crippen LogP) is 3.56. The lowest BCUT2D eigenvalue weighted by Crippen LogP contribution is -2.53. The smallest absolute Gasteiger partial charge is 0.416 e. The van der Waals surface area contributed by atoms with Crippen molar-refractivity contribution in [1.29, 1.82) is 0 Å². The molecule has 3 aromatic rings. The summed E-state index contributed by atoms with van der Waals surface area (Å²) in [5.74, 6) is -3.05. The first-order chi connectivity index (χ1) is 18.7. The van der Waals surface area contributed by atoms with Crippen LogP contribution in [0.2, 0.25) is 5.02 Å². The molecule has 4 rings (SSSR count). The van der Waals surface area contributed by atoms with E-state index in [0.29, 0.717) is 22.5 Å². The van der Waals surface area contributed by atoms with Crippen LogP contribution in [0.5, 0.6) is 0 Å². The number of carboxylic acid groups (broad SMARTS) is 1. The molecule has 2 amide bonds. The van der Waals surface area contributed by atoms with Crippen LogP contribution < -0.4 is 16.3 Å². The summed E-state index contributed by atoms with van der Waals surface area (Å²) in [6.07, 6.45) is -3.24. The van der Waals surface area contributed by atoms with Crippen LogP contribution in [0.4, 0.5) is 13.2 Å². The van der Waals surface area contributed by atoms with Gasteiger partial charge in [-0.25, -0.2) is 14.3 Å². The lowest BCUT2D eigenvalue weighted by molar-refractivity contribution is -0.146. The van der Waals surface area contributed by atoms with E-state index < -0.39 is 53.3 Å². The molecule has 0 spiro atoms.